The standard InChI is InChI=1S/C7H9ClN2/c1-6(3-8)7-4-9-5-10(7)2/h4-5H,1,3H2,2H3. The molecule has 0 spiro atoms. The molecule has 0 saturated carbocycles. The lowest BCUT2D eigenvalue weighted by Gasteiger charge is -2.00. The summed E-state index contributed by atoms with van der Waals surface area (Å²) in [6.07, 6.45) is 3.48. The Morgan fingerprint density at radius 1 is 1.90 bits per heavy atom. The van der Waals surface area contributed by atoms with Gasteiger partial charge in [0.1, 0.15) is 0 Å². The van der Waals surface area contributed by atoms with Gasteiger partial charge in [0.05, 0.1) is 18.2 Å². The highest BCUT2D eigenvalue weighted by atomic mass is 35.5. The summed E-state index contributed by atoms with van der Waals surface area (Å²) in [7, 11) is 1.92. The van der Waals surface area contributed by atoms with E-state index in [9.17, 15) is 0 Å². The first-order valence-corrected chi connectivity index (χ1v) is 3.49. The second-order valence-corrected chi connectivity index (χ2v) is 2.39. The fourth-order valence-corrected chi connectivity index (χ4v) is 0.903. The van der Waals surface area contributed by atoms with Gasteiger partial charge in [0, 0.05) is 12.9 Å². The van der Waals surface area contributed by atoms with Crippen LogP contribution in [0.1, 0.15) is 5.69 Å². The highest BCUT2D eigenvalue weighted by Crippen LogP contribution is 2.10. The second kappa shape index (κ2) is 2.88. The maximum Gasteiger partial charge on any atom is 0.0948 e. The fraction of sp³-hybridized carbons (Fsp3) is 0.286. The van der Waals surface area contributed by atoms with Crippen molar-refractivity contribution in [1.82, 2.24) is 9.55 Å². The van der Waals surface area contributed by atoms with E-state index < -0.39 is 0 Å². The first kappa shape index (κ1) is 7.35. The summed E-state index contributed by atoms with van der Waals surface area (Å²) in [5.74, 6) is 0.458. The molecular weight excluding hydrogens is 148 g/mol. The minimum absolute atomic E-state index is 0.458. The molecule has 10 heavy (non-hydrogen) atoms. The molecule has 0 aliphatic heterocycles. The summed E-state index contributed by atoms with van der Waals surface area (Å²) >= 11 is 5.57. The normalized spacial score (nSPS) is 9.80. The van der Waals surface area contributed by atoms with Crippen molar-refractivity contribution < 1.29 is 0 Å². The Morgan fingerprint density at radius 3 is 3.00 bits per heavy atom. The van der Waals surface area contributed by atoms with Gasteiger partial charge in [0.25, 0.3) is 0 Å². The smallest absolute Gasteiger partial charge is 0.0948 e. The third kappa shape index (κ3) is 1.21. The molecule has 0 bridgehead atoms. The molecule has 1 aromatic heterocycles. The number of alkyl halides is 1. The Kier molecular flexibility index (Phi) is 2.12. The van der Waals surface area contributed by atoms with Crippen LogP contribution in [-0.2, 0) is 7.05 Å². The maximum atomic E-state index is 5.57. The molecule has 0 saturated heterocycles. The van der Waals surface area contributed by atoms with E-state index in [1.165, 1.54) is 0 Å². The maximum absolute atomic E-state index is 5.57. The summed E-state index contributed by atoms with van der Waals surface area (Å²) in [5, 5.41) is 0. The molecule has 54 valence electrons. The van der Waals surface area contributed by atoms with Crippen molar-refractivity contribution in [1.29, 1.82) is 0 Å². The zero-order chi connectivity index (χ0) is 7.56. The van der Waals surface area contributed by atoms with Gasteiger partial charge in [-0.3, -0.25) is 0 Å². The number of rotatable bonds is 2. The molecule has 0 radical (unpaired) electrons. The number of nitrogens with zero attached hydrogens (tertiary/aromatic N) is 2. The van der Waals surface area contributed by atoms with Crippen molar-refractivity contribution in [2.45, 2.75) is 0 Å². The van der Waals surface area contributed by atoms with Crippen molar-refractivity contribution in [2.75, 3.05) is 5.88 Å². The van der Waals surface area contributed by atoms with Crippen LogP contribution >= 0.6 is 11.6 Å². The fourth-order valence-electron chi connectivity index (χ4n) is 0.766. The summed E-state index contributed by atoms with van der Waals surface area (Å²) in [5.41, 5.74) is 1.90. The number of hydrogen-bond acceptors (Lipinski definition) is 1. The van der Waals surface area contributed by atoms with Crippen LogP contribution in [-0.4, -0.2) is 15.4 Å². The topological polar surface area (TPSA) is 17.8 Å². The quantitative estimate of drug-likeness (QED) is 0.596. The van der Waals surface area contributed by atoms with E-state index in [1.807, 2.05) is 11.6 Å². The van der Waals surface area contributed by atoms with Crippen LogP contribution in [0.3, 0.4) is 0 Å². The summed E-state index contributed by atoms with van der Waals surface area (Å²) < 4.78 is 1.89. The predicted molar refractivity (Wildman–Crippen MR) is 43.0 cm³/mol. The lowest BCUT2D eigenvalue weighted by molar-refractivity contribution is 0.897. The minimum Gasteiger partial charge on any atom is -0.334 e. The van der Waals surface area contributed by atoms with Crippen LogP contribution in [0.5, 0.6) is 0 Å². The van der Waals surface area contributed by atoms with Crippen LogP contribution in [0, 0.1) is 0 Å². The number of aromatic nitrogens is 2. The third-order valence-electron chi connectivity index (χ3n) is 1.34. The van der Waals surface area contributed by atoms with Gasteiger partial charge < -0.3 is 4.57 Å². The molecule has 1 aromatic rings. The van der Waals surface area contributed by atoms with E-state index in [0.29, 0.717) is 5.88 Å². The Balaban J connectivity index is 2.93. The van der Waals surface area contributed by atoms with Gasteiger partial charge in [-0.15, -0.1) is 11.6 Å². The molecule has 0 aliphatic rings. The molecule has 1 heterocycles. The monoisotopic (exact) mass is 156 g/mol. The van der Waals surface area contributed by atoms with Crippen LogP contribution in [0.4, 0.5) is 0 Å². The average molecular weight is 157 g/mol. The van der Waals surface area contributed by atoms with Gasteiger partial charge in [0.2, 0.25) is 0 Å². The highest BCUT2D eigenvalue weighted by molar-refractivity contribution is 6.22. The zero-order valence-corrected chi connectivity index (χ0v) is 6.60. The third-order valence-corrected chi connectivity index (χ3v) is 1.66. The second-order valence-electron chi connectivity index (χ2n) is 2.13. The van der Waals surface area contributed by atoms with Crippen LogP contribution < -0.4 is 0 Å². The highest BCUT2D eigenvalue weighted by Gasteiger charge is 1.99. The van der Waals surface area contributed by atoms with E-state index in [2.05, 4.69) is 11.6 Å². The van der Waals surface area contributed by atoms with E-state index in [0.717, 1.165) is 11.3 Å². The summed E-state index contributed by atoms with van der Waals surface area (Å²) in [6, 6.07) is 0. The molecule has 3 heteroatoms. The molecule has 0 fully saturated rings. The Hall–Kier alpha value is -0.760. The lowest BCUT2D eigenvalue weighted by atomic mass is 10.3. The molecule has 1 rings (SSSR count). The SMILES string of the molecule is C=C(CCl)c1cncn1C. The first-order valence-electron chi connectivity index (χ1n) is 2.96. The molecule has 2 nitrogen and oxygen atoms in total. The largest absolute Gasteiger partial charge is 0.334 e. The molecule has 0 aliphatic carbocycles. The molecule has 0 amide bonds. The molecular formula is C7H9ClN2. The van der Waals surface area contributed by atoms with Crippen LogP contribution in [0.25, 0.3) is 5.57 Å². The van der Waals surface area contributed by atoms with Gasteiger partial charge in [-0.2, -0.15) is 0 Å². The summed E-state index contributed by atoms with van der Waals surface area (Å²) in [6.45, 7) is 3.78. The summed E-state index contributed by atoms with van der Waals surface area (Å²) in [4.78, 5) is 3.93. The van der Waals surface area contributed by atoms with Crippen LogP contribution in [0.15, 0.2) is 19.1 Å². The molecule has 0 aromatic carbocycles. The minimum atomic E-state index is 0.458. The van der Waals surface area contributed by atoms with Gasteiger partial charge in [-0.1, -0.05) is 6.58 Å². The van der Waals surface area contributed by atoms with Gasteiger partial charge in [-0.25, -0.2) is 4.98 Å². The van der Waals surface area contributed by atoms with Crippen molar-refractivity contribution in [3.63, 3.8) is 0 Å². The Morgan fingerprint density at radius 2 is 2.60 bits per heavy atom. The zero-order valence-electron chi connectivity index (χ0n) is 5.84. The number of imidazole rings is 1. The number of allylic oxidation sites excluding steroid dienone is 1. The molecule has 0 atom stereocenters. The van der Waals surface area contributed by atoms with Crippen molar-refractivity contribution in [3.05, 3.63) is 24.8 Å². The average Bonchev–Trinajstić information content (AvgIpc) is 2.34. The number of aryl methyl sites for hydroxylation is 1. The molecule has 0 unspecified atom stereocenters. The van der Waals surface area contributed by atoms with Crippen molar-refractivity contribution >= 4 is 17.2 Å². The Labute approximate surface area is 65.1 Å². The van der Waals surface area contributed by atoms with Gasteiger partial charge >= 0.3 is 0 Å². The lowest BCUT2D eigenvalue weighted by Crippen LogP contribution is -1.93. The van der Waals surface area contributed by atoms with E-state index in [-0.39, 0.29) is 0 Å². The Bertz CT molecular complexity index is 240. The number of hydrogen-bond donors (Lipinski definition) is 0. The predicted octanol–water partition coefficient (Wildman–Crippen LogP) is 1.67. The van der Waals surface area contributed by atoms with Crippen molar-refractivity contribution in [3.8, 4) is 0 Å². The van der Waals surface area contributed by atoms with Gasteiger partial charge in [-0.05, 0) is 5.57 Å². The first-order chi connectivity index (χ1) is 4.75. The van der Waals surface area contributed by atoms with E-state index >= 15 is 0 Å². The number of halogens is 1. The van der Waals surface area contributed by atoms with E-state index in [4.69, 9.17) is 11.6 Å². The van der Waals surface area contributed by atoms with E-state index in [1.54, 1.807) is 12.5 Å². The van der Waals surface area contributed by atoms with Gasteiger partial charge in [0.15, 0.2) is 0 Å². The van der Waals surface area contributed by atoms with Crippen LogP contribution in [0.2, 0.25) is 0 Å². The van der Waals surface area contributed by atoms with Crippen molar-refractivity contribution in [2.24, 2.45) is 7.05 Å². The molecule has 0 N–H and O–H groups in total.